The van der Waals surface area contributed by atoms with Crippen LogP contribution in [-0.4, -0.2) is 17.9 Å². The first-order valence-electron chi connectivity index (χ1n) is 9.98. The summed E-state index contributed by atoms with van der Waals surface area (Å²) in [6.07, 6.45) is 0. The molecule has 0 saturated heterocycles. The van der Waals surface area contributed by atoms with Gasteiger partial charge in [-0.25, -0.2) is 0 Å². The molecule has 3 N–H and O–H groups in total. The highest BCUT2D eigenvalue weighted by Gasteiger charge is 2.21. The number of anilines is 2. The number of nitrogens with one attached hydrogen (secondary N) is 3. The number of carbonyl (C=O) groups excluding carboxylic acids is 2. The van der Waals surface area contributed by atoms with Gasteiger partial charge >= 0.3 is 0 Å². The zero-order chi connectivity index (χ0) is 21.5. The first-order valence-corrected chi connectivity index (χ1v) is 9.98. The Morgan fingerprint density at radius 2 is 1.27 bits per heavy atom. The molecule has 2 amide bonds. The van der Waals surface area contributed by atoms with Gasteiger partial charge in [0.05, 0.1) is 12.1 Å². The molecule has 0 unspecified atom stereocenters. The van der Waals surface area contributed by atoms with Crippen molar-refractivity contribution >= 4 is 23.2 Å². The van der Waals surface area contributed by atoms with Gasteiger partial charge in [0.15, 0.2) is 0 Å². The van der Waals surface area contributed by atoms with Crippen LogP contribution >= 0.6 is 0 Å². The third kappa shape index (κ3) is 5.78. The molecule has 0 saturated carbocycles. The summed E-state index contributed by atoms with van der Waals surface area (Å²) in [7, 11) is 0. The van der Waals surface area contributed by atoms with Gasteiger partial charge in [0.2, 0.25) is 11.8 Å². The maximum absolute atomic E-state index is 12.8. The number of benzene rings is 3. The summed E-state index contributed by atoms with van der Waals surface area (Å²) in [5.74, 6) is -0.261. The van der Waals surface area contributed by atoms with E-state index in [9.17, 15) is 9.59 Å². The molecule has 154 valence electrons. The largest absolute Gasteiger partial charge is 0.326 e. The minimum absolute atomic E-state index is 0.102. The monoisotopic (exact) mass is 401 g/mol. The SMILES string of the molecule is CC(=O)Nc1ccc(NC(=O)[C@H](C)N[C@H](c2ccccc2)c2ccc(C)cc2)cc1. The highest BCUT2D eigenvalue weighted by Crippen LogP contribution is 2.23. The molecule has 0 aliphatic rings. The number of rotatable bonds is 7. The topological polar surface area (TPSA) is 70.2 Å². The van der Waals surface area contributed by atoms with Crippen LogP contribution in [0.4, 0.5) is 11.4 Å². The van der Waals surface area contributed by atoms with Gasteiger partial charge in [0.25, 0.3) is 0 Å². The molecule has 3 rings (SSSR count). The lowest BCUT2D eigenvalue weighted by Gasteiger charge is -2.24. The molecular weight excluding hydrogens is 374 g/mol. The highest BCUT2D eigenvalue weighted by atomic mass is 16.2. The van der Waals surface area contributed by atoms with Crippen molar-refractivity contribution in [3.8, 4) is 0 Å². The Labute approximate surface area is 177 Å². The van der Waals surface area contributed by atoms with E-state index in [0.717, 1.165) is 11.1 Å². The third-order valence-corrected chi connectivity index (χ3v) is 4.83. The minimum Gasteiger partial charge on any atom is -0.326 e. The number of hydrogen-bond donors (Lipinski definition) is 3. The average Bonchev–Trinajstić information content (AvgIpc) is 2.74. The van der Waals surface area contributed by atoms with Crippen LogP contribution in [0.5, 0.6) is 0 Å². The number of hydrogen-bond acceptors (Lipinski definition) is 3. The first-order chi connectivity index (χ1) is 14.4. The van der Waals surface area contributed by atoms with Gasteiger partial charge in [0.1, 0.15) is 0 Å². The van der Waals surface area contributed by atoms with Crippen LogP contribution in [-0.2, 0) is 9.59 Å². The van der Waals surface area contributed by atoms with Gasteiger partial charge in [-0.2, -0.15) is 0 Å². The van der Waals surface area contributed by atoms with E-state index < -0.39 is 6.04 Å². The van der Waals surface area contributed by atoms with Crippen LogP contribution in [0.1, 0.15) is 36.6 Å². The van der Waals surface area contributed by atoms with Crippen molar-refractivity contribution in [1.29, 1.82) is 0 Å². The Kier molecular flexibility index (Phi) is 6.99. The second-order valence-corrected chi connectivity index (χ2v) is 7.39. The Balaban J connectivity index is 1.71. The normalized spacial score (nSPS) is 12.6. The number of carbonyl (C=O) groups is 2. The minimum atomic E-state index is -0.425. The Morgan fingerprint density at radius 1 is 0.733 bits per heavy atom. The van der Waals surface area contributed by atoms with Crippen LogP contribution in [0.3, 0.4) is 0 Å². The lowest BCUT2D eigenvalue weighted by molar-refractivity contribution is -0.118. The van der Waals surface area contributed by atoms with Crippen LogP contribution in [0, 0.1) is 6.92 Å². The highest BCUT2D eigenvalue weighted by molar-refractivity contribution is 5.95. The van der Waals surface area contributed by atoms with E-state index in [0.29, 0.717) is 11.4 Å². The van der Waals surface area contributed by atoms with Gasteiger partial charge in [-0.3, -0.25) is 14.9 Å². The fourth-order valence-electron chi connectivity index (χ4n) is 3.21. The van der Waals surface area contributed by atoms with Gasteiger partial charge in [-0.15, -0.1) is 0 Å². The predicted octanol–water partition coefficient (Wildman–Crippen LogP) is 4.66. The quantitative estimate of drug-likeness (QED) is 0.539. The van der Waals surface area contributed by atoms with Crippen molar-refractivity contribution in [2.24, 2.45) is 0 Å². The van der Waals surface area contributed by atoms with E-state index in [-0.39, 0.29) is 17.9 Å². The van der Waals surface area contributed by atoms with Crippen molar-refractivity contribution in [1.82, 2.24) is 5.32 Å². The molecule has 5 nitrogen and oxygen atoms in total. The standard InChI is InChI=1S/C25H27N3O2/c1-17-9-11-21(12-10-17)24(20-7-5-4-6-8-20)26-18(2)25(30)28-23-15-13-22(14-16-23)27-19(3)29/h4-16,18,24,26H,1-3H3,(H,27,29)(H,28,30)/t18-,24+/m0/s1. The second-order valence-electron chi connectivity index (χ2n) is 7.39. The van der Waals surface area contributed by atoms with Crippen LogP contribution in [0.25, 0.3) is 0 Å². The molecule has 30 heavy (non-hydrogen) atoms. The van der Waals surface area contributed by atoms with Crippen molar-refractivity contribution in [3.05, 3.63) is 95.6 Å². The van der Waals surface area contributed by atoms with Crippen LogP contribution < -0.4 is 16.0 Å². The molecule has 0 aromatic heterocycles. The fraction of sp³-hybridized carbons (Fsp3) is 0.200. The predicted molar refractivity (Wildman–Crippen MR) is 121 cm³/mol. The molecule has 0 bridgehead atoms. The third-order valence-electron chi connectivity index (χ3n) is 4.83. The fourth-order valence-corrected chi connectivity index (χ4v) is 3.21. The molecule has 0 radical (unpaired) electrons. The molecule has 5 heteroatoms. The van der Waals surface area contributed by atoms with Crippen molar-refractivity contribution in [3.63, 3.8) is 0 Å². The summed E-state index contributed by atoms with van der Waals surface area (Å²) in [6.45, 7) is 5.37. The molecule has 3 aromatic carbocycles. The van der Waals surface area contributed by atoms with E-state index in [1.54, 1.807) is 24.3 Å². The Bertz CT molecular complexity index is 983. The summed E-state index contributed by atoms with van der Waals surface area (Å²) in [4.78, 5) is 23.9. The van der Waals surface area contributed by atoms with Crippen molar-refractivity contribution in [2.45, 2.75) is 32.9 Å². The summed E-state index contributed by atoms with van der Waals surface area (Å²) in [5, 5.41) is 9.09. The van der Waals surface area contributed by atoms with Crippen LogP contribution in [0.2, 0.25) is 0 Å². The first kappa shape index (κ1) is 21.3. The van der Waals surface area contributed by atoms with Gasteiger partial charge in [-0.05, 0) is 49.2 Å². The summed E-state index contributed by atoms with van der Waals surface area (Å²) >= 11 is 0. The average molecular weight is 402 g/mol. The second kappa shape index (κ2) is 9.85. The van der Waals surface area contributed by atoms with E-state index >= 15 is 0 Å². The summed E-state index contributed by atoms with van der Waals surface area (Å²) in [6, 6.07) is 25.0. The Morgan fingerprint density at radius 3 is 1.83 bits per heavy atom. The number of amides is 2. The molecule has 0 aliphatic carbocycles. The molecular formula is C25H27N3O2. The van der Waals surface area contributed by atoms with Gasteiger partial charge in [-0.1, -0.05) is 60.2 Å². The molecule has 0 heterocycles. The number of aryl methyl sites for hydroxylation is 1. The zero-order valence-electron chi connectivity index (χ0n) is 17.5. The molecule has 0 fully saturated rings. The molecule has 2 atom stereocenters. The molecule has 0 spiro atoms. The zero-order valence-corrected chi connectivity index (χ0v) is 17.5. The van der Waals surface area contributed by atoms with Gasteiger partial charge in [0, 0.05) is 18.3 Å². The molecule has 3 aromatic rings. The Hall–Kier alpha value is -3.44. The van der Waals surface area contributed by atoms with E-state index in [1.807, 2.05) is 25.1 Å². The van der Waals surface area contributed by atoms with E-state index in [1.165, 1.54) is 12.5 Å². The summed E-state index contributed by atoms with van der Waals surface area (Å²) < 4.78 is 0. The molecule has 0 aliphatic heterocycles. The van der Waals surface area contributed by atoms with Gasteiger partial charge < -0.3 is 10.6 Å². The maximum Gasteiger partial charge on any atom is 0.241 e. The maximum atomic E-state index is 12.8. The van der Waals surface area contributed by atoms with Crippen LogP contribution in [0.15, 0.2) is 78.9 Å². The van der Waals surface area contributed by atoms with E-state index in [2.05, 4.69) is 59.3 Å². The van der Waals surface area contributed by atoms with Crippen molar-refractivity contribution in [2.75, 3.05) is 10.6 Å². The van der Waals surface area contributed by atoms with Crippen molar-refractivity contribution < 1.29 is 9.59 Å². The summed E-state index contributed by atoms with van der Waals surface area (Å²) in [5.41, 5.74) is 4.76. The lowest BCUT2D eigenvalue weighted by Crippen LogP contribution is -2.40. The van der Waals surface area contributed by atoms with E-state index in [4.69, 9.17) is 0 Å². The lowest BCUT2D eigenvalue weighted by atomic mass is 9.97. The smallest absolute Gasteiger partial charge is 0.241 e.